The number of aromatic nitrogens is 1. The van der Waals surface area contributed by atoms with Gasteiger partial charge in [-0.25, -0.2) is 4.79 Å². The maximum absolute atomic E-state index is 12.9. The summed E-state index contributed by atoms with van der Waals surface area (Å²) in [4.78, 5) is 48.4. The van der Waals surface area contributed by atoms with Gasteiger partial charge in [0.1, 0.15) is 0 Å². The van der Waals surface area contributed by atoms with Crippen molar-refractivity contribution in [2.24, 2.45) is 0 Å². The smallest absolute Gasteiger partial charge is 0.338 e. The fraction of sp³-hybridized carbons (Fsp3) is 0.259. The lowest BCUT2D eigenvalue weighted by Gasteiger charge is -2.11. The summed E-state index contributed by atoms with van der Waals surface area (Å²) in [6, 6.07) is 16.3. The predicted molar refractivity (Wildman–Crippen MR) is 134 cm³/mol. The van der Waals surface area contributed by atoms with Crippen molar-refractivity contribution in [3.8, 4) is 0 Å². The Balaban J connectivity index is 1.69. The summed E-state index contributed by atoms with van der Waals surface area (Å²) in [5, 5.41) is 5.15. The standard InChI is InChI=1S/C27H29N3O5/c1-17-12-25(18(2)30(17)11-10-21-8-6-5-7-9-21)26(33)16-35-27(34)22-13-23(28-19(3)31)15-24(14-22)29-20(4)32/h5-9,12-15H,10-11,16H2,1-4H3,(H,28,31)(H,29,32). The van der Waals surface area contributed by atoms with Gasteiger partial charge < -0.3 is 19.9 Å². The molecular weight excluding hydrogens is 446 g/mol. The van der Waals surface area contributed by atoms with Gasteiger partial charge in [-0.1, -0.05) is 30.3 Å². The first-order valence-corrected chi connectivity index (χ1v) is 11.2. The van der Waals surface area contributed by atoms with Gasteiger partial charge in [0.05, 0.1) is 5.56 Å². The highest BCUT2D eigenvalue weighted by atomic mass is 16.5. The third-order valence-corrected chi connectivity index (χ3v) is 5.48. The van der Waals surface area contributed by atoms with Crippen LogP contribution in [0.2, 0.25) is 0 Å². The molecule has 3 aromatic rings. The number of hydrogen-bond acceptors (Lipinski definition) is 5. The predicted octanol–water partition coefficient (Wildman–Crippen LogP) is 4.30. The number of carbonyl (C=O) groups is 4. The fourth-order valence-corrected chi connectivity index (χ4v) is 3.90. The molecule has 0 aliphatic carbocycles. The molecule has 182 valence electrons. The number of ether oxygens (including phenoxy) is 1. The zero-order valence-corrected chi connectivity index (χ0v) is 20.3. The van der Waals surface area contributed by atoms with E-state index in [4.69, 9.17) is 4.74 Å². The van der Waals surface area contributed by atoms with Gasteiger partial charge in [-0.15, -0.1) is 0 Å². The van der Waals surface area contributed by atoms with E-state index in [9.17, 15) is 19.2 Å². The average Bonchev–Trinajstić information content (AvgIpc) is 3.08. The van der Waals surface area contributed by atoms with Crippen molar-refractivity contribution < 1.29 is 23.9 Å². The number of aryl methyl sites for hydroxylation is 2. The molecule has 2 amide bonds. The molecule has 8 heteroatoms. The SMILES string of the molecule is CC(=O)Nc1cc(NC(C)=O)cc(C(=O)OCC(=O)c2cc(C)n(CCc3ccccc3)c2C)c1. The summed E-state index contributed by atoms with van der Waals surface area (Å²) in [6.07, 6.45) is 0.834. The Morgan fingerprint density at radius 3 is 2.03 bits per heavy atom. The van der Waals surface area contributed by atoms with Crippen LogP contribution in [-0.4, -0.2) is 34.7 Å². The van der Waals surface area contributed by atoms with Crippen LogP contribution in [0, 0.1) is 13.8 Å². The lowest BCUT2D eigenvalue weighted by molar-refractivity contribution is -0.115. The van der Waals surface area contributed by atoms with Crippen LogP contribution in [0.4, 0.5) is 11.4 Å². The quantitative estimate of drug-likeness (QED) is 0.354. The fourth-order valence-electron chi connectivity index (χ4n) is 3.90. The van der Waals surface area contributed by atoms with Gasteiger partial charge in [0, 0.05) is 48.7 Å². The van der Waals surface area contributed by atoms with Crippen LogP contribution < -0.4 is 10.6 Å². The molecule has 0 fully saturated rings. The van der Waals surface area contributed by atoms with Gasteiger partial charge in [0.2, 0.25) is 17.6 Å². The van der Waals surface area contributed by atoms with E-state index in [-0.39, 0.29) is 23.2 Å². The molecule has 0 unspecified atom stereocenters. The second-order valence-corrected chi connectivity index (χ2v) is 8.33. The minimum atomic E-state index is -0.741. The minimum Gasteiger partial charge on any atom is -0.454 e. The Bertz CT molecular complexity index is 1230. The topological polar surface area (TPSA) is 107 Å². The second-order valence-electron chi connectivity index (χ2n) is 8.33. The van der Waals surface area contributed by atoms with Crippen LogP contribution in [0.1, 0.15) is 51.5 Å². The first-order valence-electron chi connectivity index (χ1n) is 11.2. The number of carbonyl (C=O) groups excluding carboxylic acids is 4. The Hall–Kier alpha value is -4.20. The average molecular weight is 476 g/mol. The summed E-state index contributed by atoms with van der Waals surface area (Å²) < 4.78 is 7.36. The highest BCUT2D eigenvalue weighted by Gasteiger charge is 2.19. The molecule has 0 aliphatic heterocycles. The van der Waals surface area contributed by atoms with Gasteiger partial charge in [-0.3, -0.25) is 14.4 Å². The highest BCUT2D eigenvalue weighted by molar-refractivity contribution is 6.01. The molecule has 8 nitrogen and oxygen atoms in total. The summed E-state index contributed by atoms with van der Waals surface area (Å²) >= 11 is 0. The third kappa shape index (κ3) is 6.89. The molecule has 0 aliphatic rings. The maximum Gasteiger partial charge on any atom is 0.338 e. The molecule has 0 bridgehead atoms. The van der Waals surface area contributed by atoms with Gasteiger partial charge in [-0.05, 0) is 50.1 Å². The number of Topliss-reactive ketones (excluding diaryl/α,β-unsaturated/α-hetero) is 1. The number of amides is 2. The van der Waals surface area contributed by atoms with Crippen LogP contribution in [0.5, 0.6) is 0 Å². The van der Waals surface area contributed by atoms with E-state index in [0.29, 0.717) is 16.9 Å². The number of anilines is 2. The lowest BCUT2D eigenvalue weighted by Crippen LogP contribution is -2.16. The summed E-state index contributed by atoms with van der Waals surface area (Å²) in [6.45, 7) is 6.79. The molecule has 35 heavy (non-hydrogen) atoms. The molecule has 0 saturated carbocycles. The number of ketones is 1. The zero-order chi connectivity index (χ0) is 25.5. The molecule has 0 spiro atoms. The van der Waals surface area contributed by atoms with E-state index in [1.807, 2.05) is 38.1 Å². The summed E-state index contributed by atoms with van der Waals surface area (Å²) in [5.41, 5.74) is 4.24. The first-order chi connectivity index (χ1) is 16.6. The molecule has 0 atom stereocenters. The van der Waals surface area contributed by atoms with E-state index in [1.165, 1.54) is 37.6 Å². The Kier molecular flexibility index (Phi) is 8.20. The molecule has 1 aromatic heterocycles. The van der Waals surface area contributed by atoms with Gasteiger partial charge in [0.25, 0.3) is 0 Å². The van der Waals surface area contributed by atoms with Crippen molar-refractivity contribution in [1.29, 1.82) is 0 Å². The number of hydrogen-bond donors (Lipinski definition) is 2. The second kappa shape index (κ2) is 11.3. The number of nitrogens with one attached hydrogen (secondary N) is 2. The molecule has 2 aromatic carbocycles. The Labute approximate surface area is 204 Å². The number of esters is 1. The molecule has 0 radical (unpaired) electrons. The van der Waals surface area contributed by atoms with Crippen molar-refractivity contribution in [2.45, 2.75) is 40.7 Å². The molecular formula is C27H29N3O5. The van der Waals surface area contributed by atoms with E-state index >= 15 is 0 Å². The minimum absolute atomic E-state index is 0.0983. The van der Waals surface area contributed by atoms with Crippen LogP contribution in [0.15, 0.2) is 54.6 Å². The van der Waals surface area contributed by atoms with Crippen molar-refractivity contribution in [2.75, 3.05) is 17.2 Å². The highest BCUT2D eigenvalue weighted by Crippen LogP contribution is 2.21. The molecule has 0 saturated heterocycles. The molecule has 2 N–H and O–H groups in total. The van der Waals surface area contributed by atoms with Gasteiger partial charge >= 0.3 is 5.97 Å². The number of rotatable bonds is 9. The van der Waals surface area contributed by atoms with Crippen molar-refractivity contribution in [1.82, 2.24) is 4.57 Å². The Morgan fingerprint density at radius 1 is 0.857 bits per heavy atom. The summed E-state index contributed by atoms with van der Waals surface area (Å²) in [5.74, 6) is -1.71. The zero-order valence-electron chi connectivity index (χ0n) is 20.3. The van der Waals surface area contributed by atoms with Crippen LogP contribution in [0.3, 0.4) is 0 Å². The van der Waals surface area contributed by atoms with Crippen molar-refractivity contribution >= 4 is 34.9 Å². The monoisotopic (exact) mass is 475 g/mol. The van der Waals surface area contributed by atoms with Crippen LogP contribution >= 0.6 is 0 Å². The van der Waals surface area contributed by atoms with Crippen LogP contribution in [-0.2, 0) is 27.3 Å². The first kappa shape index (κ1) is 25.4. The van der Waals surface area contributed by atoms with E-state index < -0.39 is 12.6 Å². The van der Waals surface area contributed by atoms with E-state index in [0.717, 1.165) is 24.4 Å². The molecule has 3 rings (SSSR count). The van der Waals surface area contributed by atoms with Crippen molar-refractivity contribution in [3.05, 3.63) is 82.7 Å². The Morgan fingerprint density at radius 2 is 1.46 bits per heavy atom. The third-order valence-electron chi connectivity index (χ3n) is 5.48. The van der Waals surface area contributed by atoms with Gasteiger partial charge in [0.15, 0.2) is 6.61 Å². The maximum atomic E-state index is 12.9. The largest absolute Gasteiger partial charge is 0.454 e. The van der Waals surface area contributed by atoms with E-state index in [1.54, 1.807) is 0 Å². The number of nitrogens with zero attached hydrogens (tertiary/aromatic N) is 1. The normalized spacial score (nSPS) is 10.5. The lowest BCUT2D eigenvalue weighted by atomic mass is 10.1. The summed E-state index contributed by atoms with van der Waals surface area (Å²) in [7, 11) is 0. The van der Waals surface area contributed by atoms with Crippen molar-refractivity contribution in [3.63, 3.8) is 0 Å². The number of benzene rings is 2. The molecule has 1 heterocycles. The van der Waals surface area contributed by atoms with Gasteiger partial charge in [-0.2, -0.15) is 0 Å². The van der Waals surface area contributed by atoms with Crippen LogP contribution in [0.25, 0.3) is 0 Å². The van der Waals surface area contributed by atoms with E-state index in [2.05, 4.69) is 27.3 Å².